The smallest absolute Gasteiger partial charge is 0.358 e. The summed E-state index contributed by atoms with van der Waals surface area (Å²) in [5, 5.41) is 0. The Bertz CT molecular complexity index is 86.4. The quantitative estimate of drug-likeness (QED) is 0.353. The SMILES string of the molecule is CC(C)C.[Ar].[Ar].[CH2-]C[C@@](C)(CC)CP.[CH3-].[CH3-].[Ru+3]. The zero-order valence-electron chi connectivity index (χ0n) is 12.5. The van der Waals surface area contributed by atoms with Gasteiger partial charge < -0.3 is 21.8 Å². The van der Waals surface area contributed by atoms with Gasteiger partial charge in [0, 0.05) is 75.5 Å². The molecule has 0 aromatic rings. The molecule has 0 bridgehead atoms. The van der Waals surface area contributed by atoms with Gasteiger partial charge in [-0.2, -0.15) is 6.42 Å². The van der Waals surface area contributed by atoms with Gasteiger partial charge in [0.15, 0.2) is 0 Å². The Labute approximate surface area is 188 Å². The van der Waals surface area contributed by atoms with Crippen LogP contribution in [0.3, 0.4) is 0 Å². The second-order valence-electron chi connectivity index (χ2n) is 4.35. The molecule has 0 aliphatic carbocycles. The molecule has 0 aromatic heterocycles. The summed E-state index contributed by atoms with van der Waals surface area (Å²) in [4.78, 5) is 0. The summed E-state index contributed by atoms with van der Waals surface area (Å²) >= 11 is 0. The second-order valence-corrected chi connectivity index (χ2v) is 4.76. The van der Waals surface area contributed by atoms with E-state index in [4.69, 9.17) is 0 Å². The second kappa shape index (κ2) is 27.8. The van der Waals surface area contributed by atoms with E-state index < -0.39 is 0 Å². The van der Waals surface area contributed by atoms with Gasteiger partial charge >= 0.3 is 19.5 Å². The maximum Gasteiger partial charge on any atom is 3.00 e. The predicted octanol–water partition coefficient (Wildman–Crippen LogP) is 5.06. The summed E-state index contributed by atoms with van der Waals surface area (Å²) in [7, 11) is 2.77. The van der Waals surface area contributed by atoms with Gasteiger partial charge in [0.25, 0.3) is 0 Å². The first-order chi connectivity index (χ1) is 5.41. The van der Waals surface area contributed by atoms with E-state index in [2.05, 4.69) is 50.8 Å². The fourth-order valence-electron chi connectivity index (χ4n) is 0.423. The zero-order chi connectivity index (χ0) is 10.2. The Morgan fingerprint density at radius 2 is 1.35 bits per heavy atom. The minimum absolute atomic E-state index is 0. The van der Waals surface area contributed by atoms with Crippen LogP contribution in [0.4, 0.5) is 0 Å². The van der Waals surface area contributed by atoms with Gasteiger partial charge in [-0.05, 0) is 12.1 Å². The van der Waals surface area contributed by atoms with Crippen molar-refractivity contribution in [2.24, 2.45) is 11.3 Å². The van der Waals surface area contributed by atoms with Crippen molar-refractivity contribution in [3.8, 4) is 0 Å². The Kier molecular flexibility index (Phi) is 70.1. The molecular weight excluding hydrogens is 368 g/mol. The number of hydrogen-bond donors (Lipinski definition) is 0. The molecule has 0 heterocycles. The molecular formula is C13H32Ar2PRu. The van der Waals surface area contributed by atoms with E-state index in [1.54, 1.807) is 0 Å². The summed E-state index contributed by atoms with van der Waals surface area (Å²) in [5.41, 5.74) is 0.477. The third kappa shape index (κ3) is 38.2. The molecule has 1 unspecified atom stereocenters. The van der Waals surface area contributed by atoms with E-state index in [1.165, 1.54) is 12.6 Å². The van der Waals surface area contributed by atoms with E-state index >= 15 is 0 Å². The largest absolute Gasteiger partial charge is 3.00 e. The third-order valence-corrected chi connectivity index (χ3v) is 2.94. The topological polar surface area (TPSA) is 0 Å². The van der Waals surface area contributed by atoms with E-state index in [0.29, 0.717) is 5.41 Å². The van der Waals surface area contributed by atoms with Crippen LogP contribution in [0, 0.1) is 109 Å². The molecule has 4 heteroatoms. The van der Waals surface area contributed by atoms with Crippen LogP contribution in [-0.4, -0.2) is 6.16 Å². The van der Waals surface area contributed by atoms with E-state index in [-0.39, 0.29) is 110 Å². The molecule has 0 saturated heterocycles. The first-order valence-electron chi connectivity index (χ1n) is 4.91. The predicted molar refractivity (Wildman–Crippen MR) is 76.3 cm³/mol. The van der Waals surface area contributed by atoms with E-state index in [0.717, 1.165) is 12.3 Å². The average Bonchev–Trinajstić information content (AvgIpc) is 2.02. The standard InChI is InChI=1S/C7H16P.C4H10.2CH3.2Ar.Ru/c1-4-7(3,5-2)6-8;1-4(2)3;;;;;/h1,4-6,8H2,2-3H3;4H,1-3H3;2*1H3;;;/q-1;;2*-1;;;+3/t7-;;;;;;/m0....../s1. The minimum Gasteiger partial charge on any atom is -0.358 e. The van der Waals surface area contributed by atoms with Crippen molar-refractivity contribution in [1.29, 1.82) is 0 Å². The first-order valence-corrected chi connectivity index (χ1v) is 5.72. The molecule has 1 radical (unpaired) electrons. The van der Waals surface area contributed by atoms with Crippen LogP contribution in [0.25, 0.3) is 0 Å². The molecule has 0 nitrogen and oxygen atoms in total. The summed E-state index contributed by atoms with van der Waals surface area (Å²) in [6, 6.07) is 0. The van der Waals surface area contributed by atoms with E-state index in [9.17, 15) is 0 Å². The summed E-state index contributed by atoms with van der Waals surface area (Å²) in [5.74, 6) is 0.833. The van der Waals surface area contributed by atoms with Gasteiger partial charge in [-0.15, -0.1) is 9.24 Å². The van der Waals surface area contributed by atoms with Crippen LogP contribution >= 0.6 is 9.24 Å². The van der Waals surface area contributed by atoms with Gasteiger partial charge in [-0.25, -0.2) is 0 Å². The molecule has 0 aliphatic heterocycles. The molecule has 0 amide bonds. The fourth-order valence-corrected chi connectivity index (χ4v) is 0.916. The zero-order valence-corrected chi connectivity index (χ0v) is 16.9. The average molecular weight is 400 g/mol. The van der Waals surface area contributed by atoms with Crippen LogP contribution in [0.1, 0.15) is 47.5 Å². The Balaban J connectivity index is -0.0000000202. The van der Waals surface area contributed by atoms with Gasteiger partial charge in [0.05, 0.1) is 0 Å². The van der Waals surface area contributed by atoms with Crippen LogP contribution in [-0.2, 0) is 19.5 Å². The van der Waals surface area contributed by atoms with Gasteiger partial charge in [-0.3, -0.25) is 0 Å². The molecule has 17 heavy (non-hydrogen) atoms. The first kappa shape index (κ1) is 42.8. The van der Waals surface area contributed by atoms with Crippen molar-refractivity contribution in [2.45, 2.75) is 47.5 Å². The van der Waals surface area contributed by atoms with E-state index in [1.807, 2.05) is 0 Å². The van der Waals surface area contributed by atoms with Crippen molar-refractivity contribution >= 4 is 9.24 Å². The maximum atomic E-state index is 3.89. The molecule has 0 rings (SSSR count). The van der Waals surface area contributed by atoms with Crippen molar-refractivity contribution in [2.75, 3.05) is 6.16 Å². The van der Waals surface area contributed by atoms with Crippen molar-refractivity contribution in [1.82, 2.24) is 0 Å². The van der Waals surface area contributed by atoms with Crippen LogP contribution < -0.4 is 0 Å². The molecule has 0 N–H and O–H groups in total. The molecule has 0 fully saturated rings. The van der Waals surface area contributed by atoms with Gasteiger partial charge in [0.2, 0.25) is 0 Å². The molecule has 0 spiro atoms. The normalized spacial score (nSPS) is 10.6. The van der Waals surface area contributed by atoms with Crippen LogP contribution in [0.2, 0.25) is 0 Å². The van der Waals surface area contributed by atoms with Gasteiger partial charge in [0.1, 0.15) is 0 Å². The Hall–Kier alpha value is 3.57. The van der Waals surface area contributed by atoms with Crippen molar-refractivity contribution in [3.63, 3.8) is 0 Å². The molecule has 2 atom stereocenters. The minimum atomic E-state index is 0. The number of rotatable bonds is 3. The number of hydrogen-bond acceptors (Lipinski definition) is 0. The molecule has 113 valence electrons. The third-order valence-electron chi connectivity index (χ3n) is 1.95. The molecule has 0 aliphatic rings. The van der Waals surface area contributed by atoms with Crippen LogP contribution in [0.15, 0.2) is 0 Å². The van der Waals surface area contributed by atoms with Crippen molar-refractivity contribution in [3.05, 3.63) is 21.8 Å². The van der Waals surface area contributed by atoms with Crippen LogP contribution in [0.5, 0.6) is 0 Å². The monoisotopic (exact) mass is 401 g/mol. The van der Waals surface area contributed by atoms with Crippen molar-refractivity contribution < 1.29 is 95.0 Å². The Morgan fingerprint density at radius 3 is 1.35 bits per heavy atom. The maximum absolute atomic E-state index is 3.89. The summed E-state index contributed by atoms with van der Waals surface area (Å²) in [6.45, 7) is 14.9. The Morgan fingerprint density at radius 1 is 1.12 bits per heavy atom. The molecule has 0 saturated carbocycles. The van der Waals surface area contributed by atoms with Gasteiger partial charge in [-0.1, -0.05) is 46.5 Å². The summed E-state index contributed by atoms with van der Waals surface area (Å²) < 4.78 is 0. The summed E-state index contributed by atoms with van der Waals surface area (Å²) in [6.07, 6.45) is 3.46. The fraction of sp³-hybridized carbons (Fsp3) is 0.769. The molecule has 0 aromatic carbocycles.